The Labute approximate surface area is 154 Å². The molecule has 0 fully saturated rings. The van der Waals surface area contributed by atoms with Crippen molar-refractivity contribution >= 4 is 28.9 Å². The number of nitrogens with zero attached hydrogens (tertiary/aromatic N) is 2. The molecule has 0 aliphatic carbocycles. The normalized spacial score (nSPS) is 10.4. The Kier molecular flexibility index (Phi) is 5.38. The molecule has 3 rings (SSSR count). The van der Waals surface area contributed by atoms with Crippen LogP contribution >= 0.6 is 11.3 Å². The number of aromatic nitrogens is 2. The van der Waals surface area contributed by atoms with Gasteiger partial charge in [-0.25, -0.2) is 9.78 Å². The lowest BCUT2D eigenvalue weighted by Crippen LogP contribution is -2.17. The number of benzene rings is 1. The van der Waals surface area contributed by atoms with Gasteiger partial charge >= 0.3 is 5.97 Å². The number of anilines is 1. The second-order valence-electron chi connectivity index (χ2n) is 5.65. The van der Waals surface area contributed by atoms with Crippen molar-refractivity contribution in [3.05, 3.63) is 64.9 Å². The number of amides is 1. The topological polar surface area (TPSA) is 81.2 Å². The fourth-order valence-corrected chi connectivity index (χ4v) is 3.23. The maximum atomic E-state index is 12.4. The van der Waals surface area contributed by atoms with Gasteiger partial charge in [-0.15, -0.1) is 11.3 Å². The number of aryl methyl sites for hydroxylation is 1. The van der Waals surface area contributed by atoms with Crippen LogP contribution in [0.3, 0.4) is 0 Å². The molecular formula is C19H17N3O3S. The quantitative estimate of drug-likeness (QED) is 0.698. The summed E-state index contributed by atoms with van der Waals surface area (Å²) in [4.78, 5) is 32.8. The van der Waals surface area contributed by atoms with Crippen LogP contribution in [0, 0.1) is 6.92 Å². The lowest BCUT2D eigenvalue weighted by Gasteiger charge is -2.10. The Morgan fingerprint density at radius 2 is 2.12 bits per heavy atom. The van der Waals surface area contributed by atoms with E-state index in [-0.39, 0.29) is 12.3 Å². The van der Waals surface area contributed by atoms with Gasteiger partial charge in [-0.2, -0.15) is 0 Å². The fourth-order valence-electron chi connectivity index (χ4n) is 2.41. The van der Waals surface area contributed by atoms with Crippen LogP contribution < -0.4 is 5.32 Å². The first-order chi connectivity index (χ1) is 12.6. The molecule has 2 aromatic heterocycles. The molecule has 3 aromatic rings. The number of carbonyl (C=O) groups is 2. The molecular weight excluding hydrogens is 350 g/mol. The summed E-state index contributed by atoms with van der Waals surface area (Å²) in [7, 11) is 1.31. The van der Waals surface area contributed by atoms with Crippen molar-refractivity contribution < 1.29 is 14.3 Å². The molecule has 6 nitrogen and oxygen atoms in total. The van der Waals surface area contributed by atoms with Gasteiger partial charge in [0.05, 0.1) is 30.5 Å². The first-order valence-electron chi connectivity index (χ1n) is 7.90. The number of hydrogen-bond acceptors (Lipinski definition) is 6. The predicted molar refractivity (Wildman–Crippen MR) is 100 cm³/mol. The molecule has 1 amide bonds. The van der Waals surface area contributed by atoms with E-state index < -0.39 is 5.97 Å². The van der Waals surface area contributed by atoms with Crippen molar-refractivity contribution in [3.63, 3.8) is 0 Å². The number of ether oxygens (including phenoxy) is 1. The van der Waals surface area contributed by atoms with Crippen LogP contribution in [0.5, 0.6) is 0 Å². The van der Waals surface area contributed by atoms with E-state index >= 15 is 0 Å². The first kappa shape index (κ1) is 17.8. The summed E-state index contributed by atoms with van der Waals surface area (Å²) in [5.41, 5.74) is 3.24. The summed E-state index contributed by atoms with van der Waals surface area (Å²) in [6.07, 6.45) is 3.55. The summed E-state index contributed by atoms with van der Waals surface area (Å²) < 4.78 is 4.78. The average molecular weight is 367 g/mol. The van der Waals surface area contributed by atoms with Crippen molar-refractivity contribution in [1.82, 2.24) is 9.97 Å². The van der Waals surface area contributed by atoms with Crippen molar-refractivity contribution in [3.8, 4) is 10.6 Å². The highest BCUT2D eigenvalue weighted by atomic mass is 32.1. The van der Waals surface area contributed by atoms with Gasteiger partial charge in [0.25, 0.3) is 0 Å². The monoisotopic (exact) mass is 367 g/mol. The predicted octanol–water partition coefficient (Wildman–Crippen LogP) is 3.48. The standard InChI is InChI=1S/C19H17N3O3S/c1-12-5-6-16(15(8-12)19(24)25-2)22-17(23)9-14-11-26-18(21-14)13-4-3-7-20-10-13/h3-8,10-11H,9H2,1-2H3,(H,22,23). The summed E-state index contributed by atoms with van der Waals surface area (Å²) in [6, 6.07) is 8.97. The number of nitrogens with one attached hydrogen (secondary N) is 1. The van der Waals surface area contributed by atoms with E-state index in [1.54, 1.807) is 24.5 Å². The van der Waals surface area contributed by atoms with Crippen molar-refractivity contribution in [2.24, 2.45) is 0 Å². The van der Waals surface area contributed by atoms with E-state index in [4.69, 9.17) is 4.74 Å². The van der Waals surface area contributed by atoms with Gasteiger partial charge in [0.2, 0.25) is 5.91 Å². The average Bonchev–Trinajstić information content (AvgIpc) is 3.11. The number of pyridine rings is 1. The summed E-state index contributed by atoms with van der Waals surface area (Å²) in [5.74, 6) is -0.737. The molecule has 0 aliphatic rings. The van der Waals surface area contributed by atoms with Gasteiger partial charge in [0.15, 0.2) is 0 Å². The van der Waals surface area contributed by atoms with E-state index in [0.717, 1.165) is 16.1 Å². The molecule has 0 saturated heterocycles. The van der Waals surface area contributed by atoms with E-state index in [9.17, 15) is 9.59 Å². The molecule has 1 aromatic carbocycles. The molecule has 2 heterocycles. The molecule has 0 spiro atoms. The number of methoxy groups -OCH3 is 1. The van der Waals surface area contributed by atoms with Crippen LogP contribution in [-0.2, 0) is 16.0 Å². The Bertz CT molecular complexity index is 938. The highest BCUT2D eigenvalue weighted by molar-refractivity contribution is 7.13. The van der Waals surface area contributed by atoms with Crippen LogP contribution in [0.4, 0.5) is 5.69 Å². The lowest BCUT2D eigenvalue weighted by molar-refractivity contribution is -0.115. The zero-order chi connectivity index (χ0) is 18.5. The Morgan fingerprint density at radius 1 is 1.27 bits per heavy atom. The highest BCUT2D eigenvalue weighted by Gasteiger charge is 2.15. The van der Waals surface area contributed by atoms with Crippen LogP contribution in [0.1, 0.15) is 21.6 Å². The highest BCUT2D eigenvalue weighted by Crippen LogP contribution is 2.23. The van der Waals surface area contributed by atoms with Gasteiger partial charge in [-0.1, -0.05) is 11.6 Å². The largest absolute Gasteiger partial charge is 0.465 e. The molecule has 7 heteroatoms. The van der Waals surface area contributed by atoms with Gasteiger partial charge in [-0.05, 0) is 31.2 Å². The lowest BCUT2D eigenvalue weighted by atomic mass is 10.1. The van der Waals surface area contributed by atoms with E-state index in [0.29, 0.717) is 16.9 Å². The number of thiazole rings is 1. The number of carbonyl (C=O) groups excluding carboxylic acids is 2. The zero-order valence-corrected chi connectivity index (χ0v) is 15.2. The minimum Gasteiger partial charge on any atom is -0.465 e. The summed E-state index contributed by atoms with van der Waals surface area (Å²) in [6.45, 7) is 1.87. The zero-order valence-electron chi connectivity index (χ0n) is 14.4. The third-order valence-corrected chi connectivity index (χ3v) is 4.60. The van der Waals surface area contributed by atoms with E-state index in [1.807, 2.05) is 30.5 Å². The summed E-state index contributed by atoms with van der Waals surface area (Å²) in [5, 5.41) is 5.42. The molecule has 0 aliphatic heterocycles. The Hall–Kier alpha value is -3.06. The van der Waals surface area contributed by atoms with Crippen LogP contribution in [0.2, 0.25) is 0 Å². The van der Waals surface area contributed by atoms with Gasteiger partial charge < -0.3 is 10.1 Å². The van der Waals surface area contributed by atoms with Crippen LogP contribution in [0.15, 0.2) is 48.1 Å². The van der Waals surface area contributed by atoms with Crippen LogP contribution in [-0.4, -0.2) is 29.0 Å². The minimum absolute atomic E-state index is 0.116. The Morgan fingerprint density at radius 3 is 2.85 bits per heavy atom. The molecule has 0 bridgehead atoms. The third-order valence-electron chi connectivity index (χ3n) is 3.66. The van der Waals surface area contributed by atoms with Crippen LogP contribution in [0.25, 0.3) is 10.6 Å². The molecule has 0 saturated carbocycles. The number of rotatable bonds is 5. The van der Waals surface area contributed by atoms with Crippen molar-refractivity contribution in [1.29, 1.82) is 0 Å². The maximum Gasteiger partial charge on any atom is 0.339 e. The fraction of sp³-hybridized carbons (Fsp3) is 0.158. The maximum absolute atomic E-state index is 12.4. The molecule has 132 valence electrons. The SMILES string of the molecule is COC(=O)c1cc(C)ccc1NC(=O)Cc1csc(-c2cccnc2)n1. The van der Waals surface area contributed by atoms with Crippen molar-refractivity contribution in [2.75, 3.05) is 12.4 Å². The summed E-state index contributed by atoms with van der Waals surface area (Å²) >= 11 is 1.46. The molecule has 0 radical (unpaired) electrons. The van der Waals surface area contributed by atoms with E-state index in [1.165, 1.54) is 18.4 Å². The third kappa shape index (κ3) is 4.12. The van der Waals surface area contributed by atoms with E-state index in [2.05, 4.69) is 15.3 Å². The number of hydrogen-bond donors (Lipinski definition) is 1. The minimum atomic E-state index is -0.489. The molecule has 0 unspecified atom stereocenters. The first-order valence-corrected chi connectivity index (χ1v) is 8.78. The van der Waals surface area contributed by atoms with Crippen molar-refractivity contribution in [2.45, 2.75) is 13.3 Å². The molecule has 0 atom stereocenters. The second kappa shape index (κ2) is 7.88. The smallest absolute Gasteiger partial charge is 0.339 e. The van der Waals surface area contributed by atoms with Gasteiger partial charge in [0, 0.05) is 23.3 Å². The number of esters is 1. The molecule has 26 heavy (non-hydrogen) atoms. The van der Waals surface area contributed by atoms with Gasteiger partial charge in [0.1, 0.15) is 5.01 Å². The van der Waals surface area contributed by atoms with Gasteiger partial charge in [-0.3, -0.25) is 9.78 Å². The Balaban J connectivity index is 1.72. The molecule has 1 N–H and O–H groups in total. The second-order valence-corrected chi connectivity index (χ2v) is 6.51.